The Hall–Kier alpha value is -1.85. The molecule has 0 spiro atoms. The van der Waals surface area contributed by atoms with Crippen LogP contribution in [0.1, 0.15) is 31.2 Å². The van der Waals surface area contributed by atoms with Gasteiger partial charge in [-0.05, 0) is 49.3 Å². The van der Waals surface area contributed by atoms with Gasteiger partial charge in [-0.25, -0.2) is 0 Å². The molecule has 2 amide bonds. The number of hydrogen-bond donors (Lipinski definition) is 0. The van der Waals surface area contributed by atoms with Crippen molar-refractivity contribution < 1.29 is 14.3 Å². The number of rotatable bonds is 7. The first-order valence-corrected chi connectivity index (χ1v) is 10.9. The summed E-state index contributed by atoms with van der Waals surface area (Å²) in [6.45, 7) is 3.36. The number of amides is 2. The second kappa shape index (κ2) is 10.8. The molecule has 3 rings (SSSR count). The standard InChI is InChI=1S/C23H31ClN2O3/c1-29-17-16-26-13-3-2-4-21(23(26)28)19-11-14-25(15-12-19)22(27)10-7-18-5-8-20(24)9-6-18/h2-3,5-6,8-9,19,21H,4,7,10-17H2,1H3/t21-/m1/s1. The van der Waals surface area contributed by atoms with Gasteiger partial charge >= 0.3 is 0 Å². The maximum atomic E-state index is 13.0. The Morgan fingerprint density at radius 2 is 1.90 bits per heavy atom. The third kappa shape index (κ3) is 6.06. The van der Waals surface area contributed by atoms with E-state index < -0.39 is 0 Å². The molecule has 6 heteroatoms. The van der Waals surface area contributed by atoms with E-state index in [0.29, 0.717) is 37.1 Å². The predicted molar refractivity (Wildman–Crippen MR) is 115 cm³/mol. The molecular weight excluding hydrogens is 388 g/mol. The summed E-state index contributed by atoms with van der Waals surface area (Å²) in [4.78, 5) is 29.5. The summed E-state index contributed by atoms with van der Waals surface area (Å²) in [5.74, 6) is 0.805. The number of carbonyl (C=O) groups excluding carboxylic acids is 2. The molecule has 0 bridgehead atoms. The predicted octanol–water partition coefficient (Wildman–Crippen LogP) is 3.56. The van der Waals surface area contributed by atoms with Crippen molar-refractivity contribution in [2.24, 2.45) is 11.8 Å². The largest absolute Gasteiger partial charge is 0.383 e. The zero-order valence-electron chi connectivity index (χ0n) is 17.2. The smallest absolute Gasteiger partial charge is 0.226 e. The zero-order valence-corrected chi connectivity index (χ0v) is 17.9. The van der Waals surface area contributed by atoms with Crippen molar-refractivity contribution in [2.75, 3.05) is 39.9 Å². The van der Waals surface area contributed by atoms with E-state index >= 15 is 0 Å². The summed E-state index contributed by atoms with van der Waals surface area (Å²) >= 11 is 5.92. The monoisotopic (exact) mass is 418 g/mol. The van der Waals surface area contributed by atoms with Gasteiger partial charge in [0.25, 0.3) is 0 Å². The minimum atomic E-state index is 0.0249. The minimum Gasteiger partial charge on any atom is -0.383 e. The Morgan fingerprint density at radius 3 is 2.59 bits per heavy atom. The highest BCUT2D eigenvalue weighted by Gasteiger charge is 2.34. The van der Waals surface area contributed by atoms with Crippen molar-refractivity contribution in [1.29, 1.82) is 0 Å². The fourth-order valence-corrected chi connectivity index (χ4v) is 4.40. The van der Waals surface area contributed by atoms with Gasteiger partial charge in [0.05, 0.1) is 6.61 Å². The molecule has 0 unspecified atom stereocenters. The van der Waals surface area contributed by atoms with Crippen LogP contribution in [0.25, 0.3) is 0 Å². The lowest BCUT2D eigenvalue weighted by Crippen LogP contribution is -2.44. The van der Waals surface area contributed by atoms with Gasteiger partial charge in [0.15, 0.2) is 0 Å². The van der Waals surface area contributed by atoms with Crippen LogP contribution >= 0.6 is 11.6 Å². The second-order valence-electron chi connectivity index (χ2n) is 7.94. The van der Waals surface area contributed by atoms with E-state index in [0.717, 1.165) is 44.3 Å². The molecule has 29 heavy (non-hydrogen) atoms. The number of ether oxygens (including phenoxy) is 1. The average molecular weight is 419 g/mol. The molecule has 5 nitrogen and oxygen atoms in total. The van der Waals surface area contributed by atoms with E-state index in [4.69, 9.17) is 16.3 Å². The van der Waals surface area contributed by atoms with Gasteiger partial charge in [0.1, 0.15) is 0 Å². The van der Waals surface area contributed by atoms with E-state index in [2.05, 4.69) is 12.2 Å². The summed E-state index contributed by atoms with van der Waals surface area (Å²) in [7, 11) is 1.66. The first-order chi connectivity index (χ1) is 14.1. The molecule has 1 aromatic carbocycles. The van der Waals surface area contributed by atoms with Crippen LogP contribution in [0.5, 0.6) is 0 Å². The van der Waals surface area contributed by atoms with Gasteiger partial charge in [0, 0.05) is 50.7 Å². The van der Waals surface area contributed by atoms with Crippen LogP contribution in [0.2, 0.25) is 5.02 Å². The number of carbonyl (C=O) groups is 2. The Labute approximate surface area is 178 Å². The number of aryl methyl sites for hydroxylation is 1. The highest BCUT2D eigenvalue weighted by atomic mass is 35.5. The molecule has 1 fully saturated rings. The molecule has 1 atom stereocenters. The highest BCUT2D eigenvalue weighted by Crippen LogP contribution is 2.31. The highest BCUT2D eigenvalue weighted by molar-refractivity contribution is 6.30. The van der Waals surface area contributed by atoms with Crippen LogP contribution in [0.15, 0.2) is 36.4 Å². The van der Waals surface area contributed by atoms with Crippen molar-refractivity contribution in [3.8, 4) is 0 Å². The quantitative estimate of drug-likeness (QED) is 0.636. The molecule has 1 saturated heterocycles. The Balaban J connectivity index is 1.48. The number of halogens is 1. The number of benzene rings is 1. The van der Waals surface area contributed by atoms with Gasteiger partial charge in [-0.3, -0.25) is 9.59 Å². The fraction of sp³-hybridized carbons (Fsp3) is 0.565. The first-order valence-electron chi connectivity index (χ1n) is 10.5. The van der Waals surface area contributed by atoms with E-state index in [-0.39, 0.29) is 17.7 Å². The maximum absolute atomic E-state index is 13.0. The van der Waals surface area contributed by atoms with Crippen molar-refractivity contribution in [2.45, 2.75) is 32.1 Å². The Bertz CT molecular complexity index is 711. The molecule has 0 N–H and O–H groups in total. The summed E-state index contributed by atoms with van der Waals surface area (Å²) in [6.07, 6.45) is 8.07. The molecule has 158 valence electrons. The Kier molecular flexibility index (Phi) is 8.13. The number of piperidine rings is 1. The van der Waals surface area contributed by atoms with Crippen LogP contribution in [0.3, 0.4) is 0 Å². The molecule has 0 aromatic heterocycles. The third-order valence-electron chi connectivity index (χ3n) is 6.08. The van der Waals surface area contributed by atoms with E-state index in [1.807, 2.05) is 34.1 Å². The molecule has 0 aliphatic carbocycles. The van der Waals surface area contributed by atoms with Gasteiger partial charge in [-0.2, -0.15) is 0 Å². The van der Waals surface area contributed by atoms with Crippen LogP contribution in [-0.2, 0) is 20.7 Å². The second-order valence-corrected chi connectivity index (χ2v) is 8.37. The normalized spacial score (nSPS) is 20.8. The van der Waals surface area contributed by atoms with Crippen molar-refractivity contribution >= 4 is 23.4 Å². The lowest BCUT2D eigenvalue weighted by molar-refractivity contribution is -0.138. The summed E-state index contributed by atoms with van der Waals surface area (Å²) in [6, 6.07) is 7.67. The van der Waals surface area contributed by atoms with Crippen molar-refractivity contribution in [1.82, 2.24) is 9.80 Å². The number of methoxy groups -OCH3 is 1. The number of nitrogens with zero attached hydrogens (tertiary/aromatic N) is 2. The van der Waals surface area contributed by atoms with Crippen LogP contribution in [-0.4, -0.2) is 61.5 Å². The molecule has 2 heterocycles. The summed E-state index contributed by atoms with van der Waals surface area (Å²) in [5, 5.41) is 0.714. The average Bonchev–Trinajstić information content (AvgIpc) is 2.93. The molecule has 2 aliphatic heterocycles. The first kappa shape index (κ1) is 21.8. The molecule has 0 radical (unpaired) electrons. The van der Waals surface area contributed by atoms with Crippen molar-refractivity contribution in [3.63, 3.8) is 0 Å². The molecule has 2 aliphatic rings. The van der Waals surface area contributed by atoms with Crippen LogP contribution in [0.4, 0.5) is 0 Å². The molecule has 1 aromatic rings. The van der Waals surface area contributed by atoms with E-state index in [1.54, 1.807) is 7.11 Å². The zero-order chi connectivity index (χ0) is 20.6. The fourth-order valence-electron chi connectivity index (χ4n) is 4.28. The van der Waals surface area contributed by atoms with Crippen LogP contribution < -0.4 is 0 Å². The maximum Gasteiger partial charge on any atom is 0.226 e. The minimum absolute atomic E-state index is 0.0249. The van der Waals surface area contributed by atoms with E-state index in [1.165, 1.54) is 0 Å². The Morgan fingerprint density at radius 1 is 1.17 bits per heavy atom. The summed E-state index contributed by atoms with van der Waals surface area (Å²) < 4.78 is 5.15. The molecule has 0 saturated carbocycles. The third-order valence-corrected chi connectivity index (χ3v) is 6.33. The number of likely N-dealkylation sites (tertiary alicyclic amines) is 1. The molecular formula is C23H31ClN2O3. The lowest BCUT2D eigenvalue weighted by Gasteiger charge is -2.36. The topological polar surface area (TPSA) is 49.9 Å². The van der Waals surface area contributed by atoms with Gasteiger partial charge in [0.2, 0.25) is 11.8 Å². The van der Waals surface area contributed by atoms with Crippen molar-refractivity contribution in [3.05, 3.63) is 47.0 Å². The van der Waals surface area contributed by atoms with E-state index in [9.17, 15) is 9.59 Å². The van der Waals surface area contributed by atoms with Gasteiger partial charge < -0.3 is 14.5 Å². The SMILES string of the molecule is COCCN1CC=CC[C@H](C2CCN(C(=O)CCc3ccc(Cl)cc3)CC2)C1=O. The summed E-state index contributed by atoms with van der Waals surface area (Å²) in [5.41, 5.74) is 1.13. The van der Waals surface area contributed by atoms with Gasteiger partial charge in [-0.1, -0.05) is 35.9 Å². The van der Waals surface area contributed by atoms with Crippen LogP contribution in [0, 0.1) is 11.8 Å². The van der Waals surface area contributed by atoms with Gasteiger partial charge in [-0.15, -0.1) is 0 Å². The lowest BCUT2D eigenvalue weighted by atomic mass is 9.81. The number of allylic oxidation sites excluding steroid dienone is 1. The number of hydrogen-bond acceptors (Lipinski definition) is 3.